The Balaban J connectivity index is 2.20. The van der Waals surface area contributed by atoms with Crippen LogP contribution >= 0.6 is 0 Å². The number of methoxy groups -OCH3 is 1. The van der Waals surface area contributed by atoms with Crippen LogP contribution in [0.4, 0.5) is 0 Å². The van der Waals surface area contributed by atoms with Crippen molar-refractivity contribution in [1.29, 1.82) is 0 Å². The molecular formula is C13H20O2Si. The van der Waals surface area contributed by atoms with Gasteiger partial charge in [0.15, 0.2) is 5.41 Å². The Morgan fingerprint density at radius 3 is 2.56 bits per heavy atom. The predicted molar refractivity (Wildman–Crippen MR) is 68.6 cm³/mol. The average Bonchev–Trinajstić information content (AvgIpc) is 2.39. The minimum atomic E-state index is -1.22. The molecule has 3 heteroatoms. The summed E-state index contributed by atoms with van der Waals surface area (Å²) in [5.41, 5.74) is -0.278. The molecule has 16 heavy (non-hydrogen) atoms. The molecule has 2 rings (SSSR count). The zero-order valence-electron chi connectivity index (χ0n) is 10.1. The highest BCUT2D eigenvalue weighted by molar-refractivity contribution is 6.74. The summed E-state index contributed by atoms with van der Waals surface area (Å²) in [5.74, 6) is 0. The summed E-state index contributed by atoms with van der Waals surface area (Å²) in [5, 5.41) is 1.42. The zero-order chi connectivity index (χ0) is 11.4. The van der Waals surface area contributed by atoms with Crippen LogP contribution < -0.4 is 5.19 Å². The van der Waals surface area contributed by atoms with E-state index >= 15 is 0 Å². The maximum Gasteiger partial charge on any atom is 0.152 e. The summed E-state index contributed by atoms with van der Waals surface area (Å²) in [4.78, 5) is 0. The van der Waals surface area contributed by atoms with E-state index in [9.17, 15) is 0 Å². The van der Waals surface area contributed by atoms with Crippen LogP contribution in [-0.2, 0) is 9.47 Å². The summed E-state index contributed by atoms with van der Waals surface area (Å²) >= 11 is 0. The van der Waals surface area contributed by atoms with Gasteiger partial charge in [0.2, 0.25) is 0 Å². The second kappa shape index (κ2) is 5.12. The number of ether oxygens (including phenoxy) is 2. The van der Waals surface area contributed by atoms with Crippen molar-refractivity contribution in [2.75, 3.05) is 13.7 Å². The Morgan fingerprint density at radius 2 is 2.00 bits per heavy atom. The van der Waals surface area contributed by atoms with E-state index in [1.807, 2.05) is 0 Å². The molecule has 0 spiro atoms. The third kappa shape index (κ3) is 2.21. The maximum atomic E-state index is 5.97. The number of hydrogen-bond acceptors (Lipinski definition) is 2. The van der Waals surface area contributed by atoms with Gasteiger partial charge in [-0.2, -0.15) is 0 Å². The Kier molecular flexibility index (Phi) is 3.79. The Hall–Kier alpha value is -0.643. The van der Waals surface area contributed by atoms with Gasteiger partial charge in [-0.1, -0.05) is 42.1 Å². The standard InChI is InChI=1S/C13H20O2Si/c1-14-13(10-6-7-11-15-13)16(2)12-8-4-3-5-9-12/h3-5,8-9,16H,6-7,10-11H2,1-2H3. The van der Waals surface area contributed by atoms with Crippen molar-refractivity contribution in [3.05, 3.63) is 30.3 Å². The van der Waals surface area contributed by atoms with Crippen LogP contribution in [0.5, 0.6) is 0 Å². The summed E-state index contributed by atoms with van der Waals surface area (Å²) in [6.07, 6.45) is 3.44. The van der Waals surface area contributed by atoms with Gasteiger partial charge in [0.05, 0.1) is 0 Å². The molecule has 0 saturated carbocycles. The molecule has 1 saturated heterocycles. The normalized spacial score (nSPS) is 27.6. The highest BCUT2D eigenvalue weighted by atomic mass is 28.3. The molecule has 1 aromatic rings. The van der Waals surface area contributed by atoms with E-state index in [4.69, 9.17) is 9.47 Å². The molecule has 88 valence electrons. The molecule has 1 fully saturated rings. The van der Waals surface area contributed by atoms with Gasteiger partial charge in [0.1, 0.15) is 8.80 Å². The highest BCUT2D eigenvalue weighted by Gasteiger charge is 2.40. The van der Waals surface area contributed by atoms with Crippen LogP contribution in [0, 0.1) is 0 Å². The molecule has 1 aliphatic rings. The van der Waals surface area contributed by atoms with Crippen LogP contribution in [0.15, 0.2) is 30.3 Å². The fraction of sp³-hybridized carbons (Fsp3) is 0.538. The Morgan fingerprint density at radius 1 is 1.25 bits per heavy atom. The first-order chi connectivity index (χ1) is 7.78. The van der Waals surface area contributed by atoms with Gasteiger partial charge in [0, 0.05) is 13.7 Å². The summed E-state index contributed by atoms with van der Waals surface area (Å²) in [6, 6.07) is 10.7. The first kappa shape index (κ1) is 11.8. The molecule has 2 unspecified atom stereocenters. The zero-order valence-corrected chi connectivity index (χ0v) is 11.3. The van der Waals surface area contributed by atoms with Gasteiger partial charge < -0.3 is 9.47 Å². The van der Waals surface area contributed by atoms with E-state index in [1.54, 1.807) is 7.11 Å². The third-order valence-electron chi connectivity index (χ3n) is 3.57. The van der Waals surface area contributed by atoms with Crippen molar-refractivity contribution in [3.63, 3.8) is 0 Å². The molecule has 0 amide bonds. The molecule has 0 aromatic heterocycles. The molecule has 1 aromatic carbocycles. The van der Waals surface area contributed by atoms with E-state index in [2.05, 4.69) is 36.9 Å². The maximum absolute atomic E-state index is 5.97. The summed E-state index contributed by atoms with van der Waals surface area (Å²) in [7, 11) is 0.567. The minimum absolute atomic E-state index is 0.278. The SMILES string of the molecule is COC1([SiH](C)c2ccccc2)CCCCO1. The van der Waals surface area contributed by atoms with Gasteiger partial charge in [0.25, 0.3) is 0 Å². The van der Waals surface area contributed by atoms with Crippen molar-refractivity contribution in [1.82, 2.24) is 0 Å². The van der Waals surface area contributed by atoms with Crippen molar-refractivity contribution in [3.8, 4) is 0 Å². The monoisotopic (exact) mass is 236 g/mol. The van der Waals surface area contributed by atoms with Gasteiger partial charge in [-0.25, -0.2) is 0 Å². The average molecular weight is 236 g/mol. The molecule has 1 heterocycles. The Labute approximate surface area is 99.2 Å². The first-order valence-electron chi connectivity index (χ1n) is 6.02. The lowest BCUT2D eigenvalue weighted by atomic mass is 10.2. The largest absolute Gasteiger partial charge is 0.357 e. The number of benzene rings is 1. The lowest BCUT2D eigenvalue weighted by Crippen LogP contribution is -2.56. The molecule has 0 radical (unpaired) electrons. The topological polar surface area (TPSA) is 18.5 Å². The Bertz CT molecular complexity index is 320. The van der Waals surface area contributed by atoms with Crippen molar-refractivity contribution >= 4 is 14.0 Å². The predicted octanol–water partition coefficient (Wildman–Crippen LogP) is 1.83. The van der Waals surface area contributed by atoms with Crippen LogP contribution in [0.25, 0.3) is 0 Å². The minimum Gasteiger partial charge on any atom is -0.357 e. The van der Waals surface area contributed by atoms with Gasteiger partial charge in [-0.05, 0) is 19.3 Å². The first-order valence-corrected chi connectivity index (χ1v) is 8.33. The van der Waals surface area contributed by atoms with E-state index in [0.717, 1.165) is 13.0 Å². The van der Waals surface area contributed by atoms with Crippen LogP contribution in [0.1, 0.15) is 19.3 Å². The molecule has 2 nitrogen and oxygen atoms in total. The molecule has 0 N–H and O–H groups in total. The fourth-order valence-electron chi connectivity index (χ4n) is 2.47. The van der Waals surface area contributed by atoms with Crippen LogP contribution in [0.2, 0.25) is 6.55 Å². The van der Waals surface area contributed by atoms with E-state index < -0.39 is 8.80 Å². The van der Waals surface area contributed by atoms with E-state index in [1.165, 1.54) is 18.0 Å². The quantitative estimate of drug-likeness (QED) is 0.746. The van der Waals surface area contributed by atoms with Gasteiger partial charge >= 0.3 is 0 Å². The van der Waals surface area contributed by atoms with E-state index in [0.29, 0.717) is 0 Å². The second-order valence-corrected chi connectivity index (χ2v) is 7.44. The van der Waals surface area contributed by atoms with Crippen molar-refractivity contribution < 1.29 is 9.47 Å². The van der Waals surface area contributed by atoms with Crippen molar-refractivity contribution in [2.24, 2.45) is 0 Å². The van der Waals surface area contributed by atoms with Crippen molar-refractivity contribution in [2.45, 2.75) is 31.2 Å². The van der Waals surface area contributed by atoms with Crippen LogP contribution in [0.3, 0.4) is 0 Å². The second-order valence-electron chi connectivity index (χ2n) is 4.45. The smallest absolute Gasteiger partial charge is 0.152 e. The van der Waals surface area contributed by atoms with E-state index in [-0.39, 0.29) is 5.41 Å². The summed E-state index contributed by atoms with van der Waals surface area (Å²) < 4.78 is 11.7. The summed E-state index contributed by atoms with van der Waals surface area (Å²) in [6.45, 7) is 3.17. The van der Waals surface area contributed by atoms with Gasteiger partial charge in [-0.3, -0.25) is 0 Å². The molecule has 1 aliphatic heterocycles. The fourth-order valence-corrected chi connectivity index (χ4v) is 5.13. The molecule has 0 aliphatic carbocycles. The van der Waals surface area contributed by atoms with Gasteiger partial charge in [-0.15, -0.1) is 0 Å². The lowest BCUT2D eigenvalue weighted by molar-refractivity contribution is -0.186. The molecule has 0 bridgehead atoms. The number of hydrogen-bond donors (Lipinski definition) is 0. The lowest BCUT2D eigenvalue weighted by Gasteiger charge is -2.40. The third-order valence-corrected chi connectivity index (χ3v) is 6.97. The van der Waals surface area contributed by atoms with Crippen LogP contribution in [-0.4, -0.2) is 27.9 Å². The molecule has 2 atom stereocenters. The highest BCUT2D eigenvalue weighted by Crippen LogP contribution is 2.28. The number of rotatable bonds is 3. The molecular weight excluding hydrogens is 216 g/mol.